The van der Waals surface area contributed by atoms with Crippen molar-refractivity contribution in [3.63, 3.8) is 0 Å². The third-order valence-corrected chi connectivity index (χ3v) is 2.49. The van der Waals surface area contributed by atoms with Gasteiger partial charge in [0.25, 0.3) is 11.6 Å². The van der Waals surface area contributed by atoms with E-state index in [1.165, 1.54) is 6.07 Å². The van der Waals surface area contributed by atoms with E-state index in [-0.39, 0.29) is 11.3 Å². The molecule has 0 aromatic heterocycles. The van der Waals surface area contributed by atoms with Crippen LogP contribution in [0, 0.1) is 5.82 Å². The van der Waals surface area contributed by atoms with Gasteiger partial charge in [-0.3, -0.25) is 9.59 Å². The number of anilines is 1. The summed E-state index contributed by atoms with van der Waals surface area (Å²) in [6.07, 6.45) is 0. The number of halogens is 1. The maximum Gasteiger partial charge on any atom is 0.267 e. The average Bonchev–Trinajstić information content (AvgIpc) is 2.38. The fourth-order valence-electron chi connectivity index (χ4n) is 1.64. The molecule has 0 fully saturated rings. The fraction of sp³-hybridized carbons (Fsp3) is 0.111. The van der Waals surface area contributed by atoms with Gasteiger partial charge in [0.1, 0.15) is 5.82 Å². The molecule has 0 saturated carbocycles. The average molecular weight is 261 g/mol. The van der Waals surface area contributed by atoms with Gasteiger partial charge in [-0.25, -0.2) is 4.39 Å². The van der Waals surface area contributed by atoms with E-state index in [0.29, 0.717) is 0 Å². The van der Waals surface area contributed by atoms with Crippen molar-refractivity contribution in [2.75, 3.05) is 5.32 Å². The minimum absolute atomic E-state index is 0.0494. The number of azide groups is 1. The molecule has 2 rings (SSSR count). The summed E-state index contributed by atoms with van der Waals surface area (Å²) in [5.74, 6) is -2.90. The van der Waals surface area contributed by atoms with Crippen LogP contribution in [-0.2, 0) is 4.79 Å². The first-order chi connectivity index (χ1) is 9.05. The summed E-state index contributed by atoms with van der Waals surface area (Å²) in [5, 5.41) is 8.17. The largest absolute Gasteiger partial charge is 0.324 e. The predicted octanol–water partition coefficient (Wildman–Crippen LogP) is 2.28. The minimum Gasteiger partial charge on any atom is -0.324 e. The van der Waals surface area contributed by atoms with Crippen LogP contribution in [0.1, 0.15) is 10.4 Å². The Morgan fingerprint density at radius 2 is 1.84 bits per heavy atom. The predicted molar refractivity (Wildman–Crippen MR) is 60.4 cm³/mol. The molecular formula is C9H4FN7O2. The smallest absolute Gasteiger partial charge is 0.267 e. The molecule has 0 bridgehead atoms. The van der Waals surface area contributed by atoms with E-state index >= 15 is 0 Å². The Balaban J connectivity index is 2.73. The van der Waals surface area contributed by atoms with Crippen LogP contribution in [0.4, 0.5) is 10.1 Å². The van der Waals surface area contributed by atoms with Gasteiger partial charge in [-0.15, -0.1) is 0 Å². The van der Waals surface area contributed by atoms with Gasteiger partial charge < -0.3 is 5.32 Å². The zero-order valence-corrected chi connectivity index (χ0v) is 9.11. The van der Waals surface area contributed by atoms with Gasteiger partial charge >= 0.3 is 0 Å². The van der Waals surface area contributed by atoms with Crippen molar-refractivity contribution in [2.45, 2.75) is 5.66 Å². The van der Waals surface area contributed by atoms with Gasteiger partial charge in [-0.05, 0) is 29.3 Å². The lowest BCUT2D eigenvalue weighted by Crippen LogP contribution is -2.49. The zero-order chi connectivity index (χ0) is 14.0. The maximum absolute atomic E-state index is 13.1. The first kappa shape index (κ1) is 12.4. The lowest BCUT2D eigenvalue weighted by Gasteiger charge is -2.27. The van der Waals surface area contributed by atoms with Crippen molar-refractivity contribution >= 4 is 17.4 Å². The third-order valence-electron chi connectivity index (χ3n) is 2.49. The van der Waals surface area contributed by atoms with Crippen molar-refractivity contribution in [1.29, 1.82) is 0 Å². The first-order valence-corrected chi connectivity index (χ1v) is 4.83. The van der Waals surface area contributed by atoms with E-state index in [1.807, 2.05) is 0 Å². The molecule has 0 saturated heterocycles. The molecule has 1 aliphatic rings. The number of hydrogen-bond donors (Lipinski definition) is 1. The molecule has 0 radical (unpaired) electrons. The molecule has 0 atom stereocenters. The molecule has 9 nitrogen and oxygen atoms in total. The molecule has 1 N–H and O–H groups in total. The highest BCUT2D eigenvalue weighted by molar-refractivity contribution is 6.27. The summed E-state index contributed by atoms with van der Waals surface area (Å²) in [6, 6.07) is 3.07. The quantitative estimate of drug-likeness (QED) is 0.377. The van der Waals surface area contributed by atoms with E-state index in [0.717, 1.165) is 12.1 Å². The number of nitrogens with one attached hydrogen (secondary N) is 1. The molecule has 1 amide bonds. The highest BCUT2D eigenvalue weighted by atomic mass is 19.1. The van der Waals surface area contributed by atoms with Gasteiger partial charge in [0.05, 0.1) is 5.69 Å². The Kier molecular flexibility index (Phi) is 2.80. The fourth-order valence-corrected chi connectivity index (χ4v) is 1.64. The minimum atomic E-state index is -2.61. The summed E-state index contributed by atoms with van der Waals surface area (Å²) < 4.78 is 13.1. The normalized spacial score (nSPS) is 20.7. The summed E-state index contributed by atoms with van der Waals surface area (Å²) >= 11 is 0. The Hall–Kier alpha value is -3.09. The number of benzene rings is 1. The standard InChI is InChI=1S/C9H4FN7O2/c10-4-1-2-6-5(3-4)7(18)9(14-16-11,15-17-12)8(19)13-6/h1-3H,(H,13,19). The number of carbonyl (C=O) groups excluding carboxylic acids is 2. The second-order valence-corrected chi connectivity index (χ2v) is 3.52. The molecule has 1 aliphatic heterocycles. The number of nitrogens with zero attached hydrogens (tertiary/aromatic N) is 6. The van der Waals surface area contributed by atoms with E-state index in [9.17, 15) is 14.0 Å². The zero-order valence-electron chi connectivity index (χ0n) is 9.11. The second kappa shape index (κ2) is 4.30. The molecule has 0 aliphatic carbocycles. The SMILES string of the molecule is [N-]=[N+]=NC1(N=[N+]=[N-])C(=O)Nc2ccc(F)cc2C1=O. The van der Waals surface area contributed by atoms with E-state index in [4.69, 9.17) is 11.1 Å². The summed E-state index contributed by atoms with van der Waals surface area (Å²) in [7, 11) is 0. The number of hydrogen-bond acceptors (Lipinski definition) is 4. The van der Waals surface area contributed by atoms with Crippen LogP contribution in [0.15, 0.2) is 28.4 Å². The Morgan fingerprint density at radius 1 is 1.21 bits per heavy atom. The lowest BCUT2D eigenvalue weighted by atomic mass is 9.92. The van der Waals surface area contributed by atoms with Crippen LogP contribution < -0.4 is 5.32 Å². The van der Waals surface area contributed by atoms with Crippen LogP contribution in [0.25, 0.3) is 20.9 Å². The van der Waals surface area contributed by atoms with Crippen molar-refractivity contribution in [1.82, 2.24) is 0 Å². The van der Waals surface area contributed by atoms with Crippen molar-refractivity contribution < 1.29 is 14.0 Å². The van der Waals surface area contributed by atoms with E-state index in [2.05, 4.69) is 25.4 Å². The van der Waals surface area contributed by atoms with E-state index in [1.54, 1.807) is 0 Å². The number of amides is 1. The molecule has 1 heterocycles. The molecule has 19 heavy (non-hydrogen) atoms. The van der Waals surface area contributed by atoms with Gasteiger partial charge in [0.2, 0.25) is 0 Å². The van der Waals surface area contributed by atoms with Gasteiger partial charge in [0, 0.05) is 15.4 Å². The van der Waals surface area contributed by atoms with E-state index < -0.39 is 23.2 Å². The molecule has 0 unspecified atom stereocenters. The van der Waals surface area contributed by atoms with Crippen molar-refractivity contribution in [3.8, 4) is 0 Å². The molecule has 0 spiro atoms. The van der Waals surface area contributed by atoms with Crippen LogP contribution >= 0.6 is 0 Å². The van der Waals surface area contributed by atoms with Crippen LogP contribution in [0.3, 0.4) is 0 Å². The molecule has 1 aromatic carbocycles. The monoisotopic (exact) mass is 261 g/mol. The Bertz CT molecular complexity index is 670. The highest BCUT2D eigenvalue weighted by Crippen LogP contribution is 2.32. The molecule has 10 heteroatoms. The number of fused-ring (bicyclic) bond motifs is 1. The van der Waals surface area contributed by atoms with Crippen LogP contribution in [0.2, 0.25) is 0 Å². The molecular weight excluding hydrogens is 257 g/mol. The Morgan fingerprint density at radius 3 is 2.42 bits per heavy atom. The van der Waals surface area contributed by atoms with Gasteiger partial charge in [-0.1, -0.05) is 10.2 Å². The van der Waals surface area contributed by atoms with Crippen LogP contribution in [-0.4, -0.2) is 17.4 Å². The molecule has 1 aromatic rings. The summed E-state index contributed by atoms with van der Waals surface area (Å²) in [5.41, 5.74) is 14.0. The third kappa shape index (κ3) is 1.73. The summed E-state index contributed by atoms with van der Waals surface area (Å²) in [6.45, 7) is 0. The Labute approximate surface area is 104 Å². The number of Topliss-reactive ketones (excluding diaryl/α,β-unsaturated/α-hetero) is 1. The highest BCUT2D eigenvalue weighted by Gasteiger charge is 2.49. The second-order valence-electron chi connectivity index (χ2n) is 3.52. The summed E-state index contributed by atoms with van der Waals surface area (Å²) in [4.78, 5) is 28.6. The number of ketones is 1. The number of carbonyl (C=O) groups is 2. The maximum atomic E-state index is 13.1. The van der Waals surface area contributed by atoms with Crippen molar-refractivity contribution in [2.24, 2.45) is 10.2 Å². The van der Waals surface area contributed by atoms with Crippen LogP contribution in [0.5, 0.6) is 0 Å². The first-order valence-electron chi connectivity index (χ1n) is 4.83. The molecule has 94 valence electrons. The van der Waals surface area contributed by atoms with Gasteiger partial charge in [-0.2, -0.15) is 0 Å². The number of rotatable bonds is 2. The van der Waals surface area contributed by atoms with Crippen molar-refractivity contribution in [3.05, 3.63) is 50.5 Å². The lowest BCUT2D eigenvalue weighted by molar-refractivity contribution is -0.119. The topological polar surface area (TPSA) is 144 Å². The van der Waals surface area contributed by atoms with Gasteiger partial charge in [0.15, 0.2) is 5.78 Å².